The van der Waals surface area contributed by atoms with Gasteiger partial charge in [-0.15, -0.1) is 0 Å². The maximum atomic E-state index is 13.3. The summed E-state index contributed by atoms with van der Waals surface area (Å²) >= 11 is 0. The summed E-state index contributed by atoms with van der Waals surface area (Å²) in [4.78, 5) is 0.00146. The van der Waals surface area contributed by atoms with Crippen molar-refractivity contribution in [2.75, 3.05) is 0 Å². The van der Waals surface area contributed by atoms with Gasteiger partial charge in [-0.3, -0.25) is 0 Å². The third-order valence-corrected chi connectivity index (χ3v) is 5.35. The number of hydrogen-bond donors (Lipinski definition) is 2. The van der Waals surface area contributed by atoms with Crippen LogP contribution < -0.4 is 4.72 Å². The fraction of sp³-hybridized carbons (Fsp3) is 0.571. The van der Waals surface area contributed by atoms with Crippen molar-refractivity contribution < 1.29 is 17.9 Å². The van der Waals surface area contributed by atoms with Crippen LogP contribution in [-0.2, 0) is 16.6 Å². The molecule has 1 aliphatic rings. The molecule has 0 atom stereocenters. The fourth-order valence-corrected chi connectivity index (χ4v) is 3.86. The predicted octanol–water partition coefficient (Wildman–Crippen LogP) is 2.17. The Morgan fingerprint density at radius 3 is 2.55 bits per heavy atom. The normalized spacial score (nSPS) is 23.8. The van der Waals surface area contributed by atoms with E-state index in [1.54, 1.807) is 0 Å². The van der Waals surface area contributed by atoms with Gasteiger partial charge in [-0.2, -0.15) is 0 Å². The van der Waals surface area contributed by atoms with Crippen LogP contribution in [0.2, 0.25) is 0 Å². The van der Waals surface area contributed by atoms with Crippen LogP contribution in [0.1, 0.15) is 38.2 Å². The van der Waals surface area contributed by atoms with Gasteiger partial charge < -0.3 is 5.11 Å². The molecule has 0 aromatic heterocycles. The molecule has 1 saturated carbocycles. The van der Waals surface area contributed by atoms with Crippen LogP contribution in [0.5, 0.6) is 0 Å². The first kappa shape index (κ1) is 15.4. The van der Waals surface area contributed by atoms with Gasteiger partial charge in [0.2, 0.25) is 10.0 Å². The maximum absolute atomic E-state index is 13.3. The lowest BCUT2D eigenvalue weighted by Gasteiger charge is -2.26. The third kappa shape index (κ3) is 3.56. The number of rotatable bonds is 4. The molecule has 0 amide bonds. The van der Waals surface area contributed by atoms with E-state index in [9.17, 15) is 12.8 Å². The number of sulfonamides is 1. The summed E-state index contributed by atoms with van der Waals surface area (Å²) in [6, 6.07) is 3.42. The second-order valence-electron chi connectivity index (χ2n) is 5.49. The molecular formula is C14H20FNO3S. The second-order valence-corrected chi connectivity index (χ2v) is 7.20. The van der Waals surface area contributed by atoms with Crippen molar-refractivity contribution in [3.05, 3.63) is 29.6 Å². The fourth-order valence-electron chi connectivity index (χ4n) is 2.50. The smallest absolute Gasteiger partial charge is 0.240 e. The lowest BCUT2D eigenvalue weighted by Crippen LogP contribution is -2.37. The average Bonchev–Trinajstić information content (AvgIpc) is 2.41. The van der Waals surface area contributed by atoms with Crippen LogP contribution in [0, 0.1) is 11.7 Å². The van der Waals surface area contributed by atoms with E-state index in [2.05, 4.69) is 11.6 Å². The predicted molar refractivity (Wildman–Crippen MR) is 74.1 cm³/mol. The van der Waals surface area contributed by atoms with Gasteiger partial charge in [0.05, 0.1) is 11.5 Å². The molecule has 1 fully saturated rings. The molecule has 1 aromatic rings. The summed E-state index contributed by atoms with van der Waals surface area (Å²) in [6.07, 6.45) is 3.68. The Morgan fingerprint density at radius 2 is 1.95 bits per heavy atom. The number of aliphatic hydroxyl groups excluding tert-OH is 1. The van der Waals surface area contributed by atoms with Crippen molar-refractivity contribution in [3.63, 3.8) is 0 Å². The molecule has 0 heterocycles. The molecule has 2 rings (SSSR count). The van der Waals surface area contributed by atoms with Gasteiger partial charge in [0.1, 0.15) is 5.82 Å². The summed E-state index contributed by atoms with van der Waals surface area (Å²) < 4.78 is 40.4. The molecule has 6 heteroatoms. The number of hydrogen-bond acceptors (Lipinski definition) is 3. The molecule has 112 valence electrons. The van der Waals surface area contributed by atoms with Gasteiger partial charge in [-0.05, 0) is 49.8 Å². The molecule has 0 spiro atoms. The number of nitrogens with one attached hydrogen (secondary N) is 1. The summed E-state index contributed by atoms with van der Waals surface area (Å²) in [5.74, 6) is 0.0421. The lowest BCUT2D eigenvalue weighted by atomic mass is 9.88. The molecule has 0 saturated heterocycles. The zero-order chi connectivity index (χ0) is 14.8. The van der Waals surface area contributed by atoms with Crippen molar-refractivity contribution in [2.24, 2.45) is 5.92 Å². The zero-order valence-electron chi connectivity index (χ0n) is 11.5. The van der Waals surface area contributed by atoms with Crippen molar-refractivity contribution in [2.45, 2.75) is 50.2 Å². The highest BCUT2D eigenvalue weighted by Crippen LogP contribution is 2.25. The minimum atomic E-state index is -3.65. The van der Waals surface area contributed by atoms with E-state index in [0.717, 1.165) is 31.7 Å². The Morgan fingerprint density at radius 1 is 1.30 bits per heavy atom. The molecule has 1 aromatic carbocycles. The van der Waals surface area contributed by atoms with E-state index in [1.165, 1.54) is 12.1 Å². The molecule has 20 heavy (non-hydrogen) atoms. The molecule has 0 aliphatic heterocycles. The minimum absolute atomic E-state index is 0.00146. The summed E-state index contributed by atoms with van der Waals surface area (Å²) in [5.41, 5.74) is -0.00913. The number of benzene rings is 1. The van der Waals surface area contributed by atoms with Crippen molar-refractivity contribution >= 4 is 10.0 Å². The summed E-state index contributed by atoms with van der Waals surface area (Å²) in [6.45, 7) is 1.65. The van der Waals surface area contributed by atoms with E-state index in [0.29, 0.717) is 5.92 Å². The summed E-state index contributed by atoms with van der Waals surface area (Å²) in [7, 11) is -3.65. The van der Waals surface area contributed by atoms with E-state index in [4.69, 9.17) is 5.11 Å². The Labute approximate surface area is 119 Å². The molecule has 2 N–H and O–H groups in total. The average molecular weight is 301 g/mol. The van der Waals surface area contributed by atoms with E-state index in [1.807, 2.05) is 0 Å². The van der Waals surface area contributed by atoms with Crippen LogP contribution in [-0.4, -0.2) is 19.6 Å². The summed E-state index contributed by atoms with van der Waals surface area (Å²) in [5, 5.41) is 9.00. The van der Waals surface area contributed by atoms with Crippen LogP contribution in [0.25, 0.3) is 0 Å². The first-order chi connectivity index (χ1) is 9.42. The van der Waals surface area contributed by atoms with Crippen molar-refractivity contribution in [1.82, 2.24) is 4.72 Å². The van der Waals surface area contributed by atoms with Gasteiger partial charge in [0.25, 0.3) is 0 Å². The molecule has 0 unspecified atom stereocenters. The van der Waals surface area contributed by atoms with Crippen molar-refractivity contribution in [1.29, 1.82) is 0 Å². The number of aliphatic hydroxyl groups is 1. The highest BCUT2D eigenvalue weighted by molar-refractivity contribution is 7.89. The third-order valence-electron chi connectivity index (χ3n) is 3.84. The van der Waals surface area contributed by atoms with Crippen molar-refractivity contribution in [3.8, 4) is 0 Å². The monoisotopic (exact) mass is 301 g/mol. The minimum Gasteiger partial charge on any atom is -0.392 e. The topological polar surface area (TPSA) is 66.4 Å². The van der Waals surface area contributed by atoms with Gasteiger partial charge >= 0.3 is 0 Å². The highest BCUT2D eigenvalue weighted by atomic mass is 32.2. The molecule has 4 nitrogen and oxygen atoms in total. The van der Waals surface area contributed by atoms with Gasteiger partial charge in [0.15, 0.2) is 0 Å². The Kier molecular flexibility index (Phi) is 4.78. The maximum Gasteiger partial charge on any atom is 0.240 e. The highest BCUT2D eigenvalue weighted by Gasteiger charge is 2.24. The van der Waals surface area contributed by atoms with E-state index in [-0.39, 0.29) is 16.5 Å². The SMILES string of the molecule is CC1CCC(NS(=O)(=O)c2ccc(F)c(CO)c2)CC1. The second kappa shape index (κ2) is 6.20. The van der Waals surface area contributed by atoms with E-state index >= 15 is 0 Å². The molecule has 1 aliphatic carbocycles. The number of halogens is 1. The Balaban J connectivity index is 2.14. The quantitative estimate of drug-likeness (QED) is 0.895. The van der Waals surface area contributed by atoms with Gasteiger partial charge in [0, 0.05) is 11.6 Å². The van der Waals surface area contributed by atoms with Gasteiger partial charge in [-0.1, -0.05) is 6.92 Å². The lowest BCUT2D eigenvalue weighted by molar-refractivity contribution is 0.275. The van der Waals surface area contributed by atoms with Crippen LogP contribution >= 0.6 is 0 Å². The largest absolute Gasteiger partial charge is 0.392 e. The van der Waals surface area contributed by atoms with Crippen LogP contribution in [0.4, 0.5) is 4.39 Å². The first-order valence-electron chi connectivity index (χ1n) is 6.84. The molecule has 0 bridgehead atoms. The Hall–Kier alpha value is -0.980. The van der Waals surface area contributed by atoms with Gasteiger partial charge in [-0.25, -0.2) is 17.5 Å². The first-order valence-corrected chi connectivity index (χ1v) is 8.32. The molecule has 0 radical (unpaired) electrons. The van der Waals surface area contributed by atoms with E-state index < -0.39 is 22.4 Å². The zero-order valence-corrected chi connectivity index (χ0v) is 12.3. The Bertz CT molecular complexity index is 566. The standard InChI is InChI=1S/C14H20FNO3S/c1-10-2-4-12(5-3-10)16-20(18,19)13-6-7-14(15)11(8-13)9-17/h6-8,10,12,16-17H,2-5,9H2,1H3. The van der Waals surface area contributed by atoms with Crippen LogP contribution in [0.15, 0.2) is 23.1 Å². The molecular weight excluding hydrogens is 281 g/mol. The van der Waals surface area contributed by atoms with Crippen LogP contribution in [0.3, 0.4) is 0 Å².